The first kappa shape index (κ1) is 22.4. The number of benzene rings is 1. The molecular weight excluding hydrogens is 372 g/mol. The minimum atomic E-state index is -0.754. The van der Waals surface area contributed by atoms with E-state index in [1.165, 1.54) is 0 Å². The fraction of sp³-hybridized carbons (Fsp3) is 0.524. The number of rotatable bonds is 8. The lowest BCUT2D eigenvalue weighted by Gasteiger charge is -2.22. The predicted octanol–water partition coefficient (Wildman–Crippen LogP) is 2.94. The van der Waals surface area contributed by atoms with Gasteiger partial charge >= 0.3 is 0 Å². The SMILES string of the molecule is COc1ccc(C(=O)NCCCC(=O)NC(C)(C)c2noc(C(C)(C)C)n2)cc1. The van der Waals surface area contributed by atoms with E-state index in [1.54, 1.807) is 31.4 Å². The summed E-state index contributed by atoms with van der Waals surface area (Å²) in [5, 5.41) is 9.73. The van der Waals surface area contributed by atoms with E-state index in [0.717, 1.165) is 0 Å². The maximum Gasteiger partial charge on any atom is 0.251 e. The van der Waals surface area contributed by atoms with Gasteiger partial charge in [0, 0.05) is 23.9 Å². The molecule has 0 saturated heterocycles. The summed E-state index contributed by atoms with van der Waals surface area (Å²) in [4.78, 5) is 28.8. The summed E-state index contributed by atoms with van der Waals surface area (Å²) in [6, 6.07) is 6.85. The molecule has 2 amide bonds. The van der Waals surface area contributed by atoms with Gasteiger partial charge in [0.05, 0.1) is 12.6 Å². The number of carbonyl (C=O) groups is 2. The molecule has 0 bridgehead atoms. The van der Waals surface area contributed by atoms with Crippen molar-refractivity contribution in [3.05, 3.63) is 41.5 Å². The molecule has 0 aliphatic carbocycles. The summed E-state index contributed by atoms with van der Waals surface area (Å²) in [6.45, 7) is 10.00. The van der Waals surface area contributed by atoms with E-state index in [2.05, 4.69) is 20.8 Å². The highest BCUT2D eigenvalue weighted by Gasteiger charge is 2.31. The number of carbonyl (C=O) groups excluding carboxylic acids is 2. The molecule has 1 aromatic carbocycles. The van der Waals surface area contributed by atoms with Crippen LogP contribution in [0.15, 0.2) is 28.8 Å². The van der Waals surface area contributed by atoms with Crippen LogP contribution in [0.4, 0.5) is 0 Å². The van der Waals surface area contributed by atoms with Crippen LogP contribution < -0.4 is 15.4 Å². The maximum absolute atomic E-state index is 12.3. The summed E-state index contributed by atoms with van der Waals surface area (Å²) in [7, 11) is 1.57. The number of methoxy groups -OCH3 is 1. The first-order valence-electron chi connectivity index (χ1n) is 9.61. The molecule has 0 aliphatic heterocycles. The topological polar surface area (TPSA) is 106 Å². The van der Waals surface area contributed by atoms with Crippen LogP contribution in [-0.2, 0) is 15.7 Å². The van der Waals surface area contributed by atoms with Gasteiger partial charge in [-0.25, -0.2) is 0 Å². The number of nitrogens with one attached hydrogen (secondary N) is 2. The molecule has 158 valence electrons. The van der Waals surface area contributed by atoms with Crippen molar-refractivity contribution in [2.75, 3.05) is 13.7 Å². The molecule has 2 aromatic rings. The van der Waals surface area contributed by atoms with Crippen LogP contribution in [0.2, 0.25) is 0 Å². The first-order chi connectivity index (χ1) is 13.5. The monoisotopic (exact) mass is 402 g/mol. The average molecular weight is 402 g/mol. The zero-order valence-corrected chi connectivity index (χ0v) is 18.0. The van der Waals surface area contributed by atoms with Crippen LogP contribution in [-0.4, -0.2) is 35.6 Å². The van der Waals surface area contributed by atoms with Crippen molar-refractivity contribution in [1.82, 2.24) is 20.8 Å². The predicted molar refractivity (Wildman–Crippen MR) is 109 cm³/mol. The lowest BCUT2D eigenvalue weighted by Crippen LogP contribution is -2.42. The quantitative estimate of drug-likeness (QED) is 0.658. The molecule has 0 saturated carbocycles. The number of amides is 2. The standard InChI is InChI=1S/C21H30N4O4/c1-20(2,3)19-23-18(25-29-19)21(4,5)24-16(26)8-7-13-22-17(27)14-9-11-15(28-6)12-10-14/h9-12H,7-8,13H2,1-6H3,(H,22,27)(H,24,26). The summed E-state index contributed by atoms with van der Waals surface area (Å²) < 4.78 is 10.4. The van der Waals surface area contributed by atoms with Gasteiger partial charge in [-0.1, -0.05) is 25.9 Å². The highest BCUT2D eigenvalue weighted by Crippen LogP contribution is 2.24. The van der Waals surface area contributed by atoms with Crippen LogP contribution >= 0.6 is 0 Å². The number of aromatic nitrogens is 2. The lowest BCUT2D eigenvalue weighted by atomic mass is 9.97. The van der Waals surface area contributed by atoms with Gasteiger partial charge in [-0.2, -0.15) is 4.98 Å². The Morgan fingerprint density at radius 2 is 1.76 bits per heavy atom. The summed E-state index contributed by atoms with van der Waals surface area (Å²) in [6.07, 6.45) is 0.791. The molecule has 0 unspecified atom stereocenters. The van der Waals surface area contributed by atoms with Crippen LogP contribution in [0.1, 0.15) is 69.5 Å². The lowest BCUT2D eigenvalue weighted by molar-refractivity contribution is -0.123. The molecule has 8 heteroatoms. The largest absolute Gasteiger partial charge is 0.497 e. The molecule has 0 aliphatic rings. The molecule has 0 fully saturated rings. The Labute approximate surface area is 171 Å². The van der Waals surface area contributed by atoms with Crippen molar-refractivity contribution in [3.63, 3.8) is 0 Å². The van der Waals surface area contributed by atoms with E-state index in [1.807, 2.05) is 34.6 Å². The molecule has 2 rings (SSSR count). The summed E-state index contributed by atoms with van der Waals surface area (Å²) in [5.74, 6) is 1.32. The Hall–Kier alpha value is -2.90. The summed E-state index contributed by atoms with van der Waals surface area (Å²) >= 11 is 0. The molecule has 0 spiro atoms. The van der Waals surface area contributed by atoms with Crippen molar-refractivity contribution in [1.29, 1.82) is 0 Å². The normalized spacial score (nSPS) is 11.8. The number of hydrogen-bond acceptors (Lipinski definition) is 6. The van der Waals surface area contributed by atoms with E-state index in [0.29, 0.717) is 36.0 Å². The second kappa shape index (κ2) is 9.07. The molecule has 29 heavy (non-hydrogen) atoms. The third-order valence-electron chi connectivity index (χ3n) is 4.30. The van der Waals surface area contributed by atoms with Gasteiger partial charge in [-0.3, -0.25) is 9.59 Å². The molecule has 1 heterocycles. The number of ether oxygens (including phenoxy) is 1. The molecule has 0 atom stereocenters. The van der Waals surface area contributed by atoms with Crippen molar-refractivity contribution in [2.24, 2.45) is 0 Å². The van der Waals surface area contributed by atoms with Gasteiger partial charge in [-0.05, 0) is 44.5 Å². The van der Waals surface area contributed by atoms with Crippen LogP contribution in [0.3, 0.4) is 0 Å². The van der Waals surface area contributed by atoms with Crippen LogP contribution in [0, 0.1) is 0 Å². The van der Waals surface area contributed by atoms with Crippen LogP contribution in [0.5, 0.6) is 5.75 Å². The van der Waals surface area contributed by atoms with Gasteiger partial charge in [-0.15, -0.1) is 0 Å². The van der Waals surface area contributed by atoms with E-state index in [-0.39, 0.29) is 23.7 Å². The summed E-state index contributed by atoms with van der Waals surface area (Å²) in [5.41, 5.74) is -0.465. The molecule has 1 aromatic heterocycles. The first-order valence-corrected chi connectivity index (χ1v) is 9.61. The highest BCUT2D eigenvalue weighted by atomic mass is 16.5. The Morgan fingerprint density at radius 1 is 1.10 bits per heavy atom. The average Bonchev–Trinajstić information content (AvgIpc) is 3.16. The third-order valence-corrected chi connectivity index (χ3v) is 4.30. The van der Waals surface area contributed by atoms with E-state index in [9.17, 15) is 9.59 Å². The zero-order chi connectivity index (χ0) is 21.7. The fourth-order valence-corrected chi connectivity index (χ4v) is 2.54. The highest BCUT2D eigenvalue weighted by molar-refractivity contribution is 5.94. The second-order valence-electron chi connectivity index (χ2n) is 8.43. The maximum atomic E-state index is 12.3. The van der Waals surface area contributed by atoms with E-state index >= 15 is 0 Å². The second-order valence-corrected chi connectivity index (χ2v) is 8.43. The third kappa shape index (κ3) is 6.30. The minimum Gasteiger partial charge on any atom is -0.497 e. The Morgan fingerprint density at radius 3 is 2.31 bits per heavy atom. The van der Waals surface area contributed by atoms with Gasteiger partial charge in [0.1, 0.15) is 5.75 Å². The van der Waals surface area contributed by atoms with Crippen LogP contribution in [0.25, 0.3) is 0 Å². The Bertz CT molecular complexity index is 835. The van der Waals surface area contributed by atoms with Gasteiger partial charge < -0.3 is 19.9 Å². The van der Waals surface area contributed by atoms with Gasteiger partial charge in [0.25, 0.3) is 5.91 Å². The minimum absolute atomic E-state index is 0.143. The number of nitrogens with zero attached hydrogens (tertiary/aromatic N) is 2. The molecule has 8 nitrogen and oxygen atoms in total. The van der Waals surface area contributed by atoms with Gasteiger partial charge in [0.2, 0.25) is 11.8 Å². The van der Waals surface area contributed by atoms with E-state index in [4.69, 9.17) is 9.26 Å². The van der Waals surface area contributed by atoms with Crippen molar-refractivity contribution >= 4 is 11.8 Å². The van der Waals surface area contributed by atoms with Crippen molar-refractivity contribution < 1.29 is 18.8 Å². The van der Waals surface area contributed by atoms with Crippen molar-refractivity contribution in [2.45, 2.75) is 58.4 Å². The molecule has 2 N–H and O–H groups in total. The number of hydrogen-bond donors (Lipinski definition) is 2. The Balaban J connectivity index is 1.78. The van der Waals surface area contributed by atoms with E-state index < -0.39 is 5.54 Å². The Kier molecular flexibility index (Phi) is 7.00. The van der Waals surface area contributed by atoms with Crippen molar-refractivity contribution in [3.8, 4) is 5.75 Å². The zero-order valence-electron chi connectivity index (χ0n) is 18.0. The molecule has 0 radical (unpaired) electrons. The fourth-order valence-electron chi connectivity index (χ4n) is 2.54. The molecular formula is C21H30N4O4. The smallest absolute Gasteiger partial charge is 0.251 e. The van der Waals surface area contributed by atoms with Gasteiger partial charge in [0.15, 0.2) is 5.82 Å².